The number of ether oxygens (including phenoxy) is 1. The summed E-state index contributed by atoms with van der Waals surface area (Å²) in [5, 5.41) is 2.76. The van der Waals surface area contributed by atoms with Crippen LogP contribution in [0, 0.1) is 0 Å². The van der Waals surface area contributed by atoms with Crippen molar-refractivity contribution in [2.75, 3.05) is 16.6 Å². The normalized spacial score (nSPS) is 11.4. The number of nitrogens with zero attached hydrogens (tertiary/aromatic N) is 2. The Morgan fingerprint density at radius 2 is 1.59 bits per heavy atom. The van der Waals surface area contributed by atoms with Gasteiger partial charge in [0.15, 0.2) is 0 Å². The topological polar surface area (TPSA) is 111 Å². The van der Waals surface area contributed by atoms with Crippen molar-refractivity contribution < 1.29 is 17.9 Å². The smallest absolute Gasteiger partial charge is 0.328 e. The molecule has 0 saturated carbocycles. The maximum atomic E-state index is 12.9. The van der Waals surface area contributed by atoms with Gasteiger partial charge in [0.25, 0.3) is 15.9 Å². The van der Waals surface area contributed by atoms with Gasteiger partial charge in [-0.2, -0.15) is 0 Å². The zero-order valence-electron chi connectivity index (χ0n) is 18.9. The molecular weight excluding hydrogens is 456 g/mol. The summed E-state index contributed by atoms with van der Waals surface area (Å²) in [5.74, 6) is 0.163. The number of carbonyl (C=O) groups excluding carboxylic acids is 1. The number of fused-ring (bicyclic) bond motifs is 1. The molecule has 0 aliphatic heterocycles. The van der Waals surface area contributed by atoms with E-state index in [4.69, 9.17) is 4.74 Å². The van der Waals surface area contributed by atoms with Crippen molar-refractivity contribution in [1.29, 1.82) is 0 Å². The quantitative estimate of drug-likeness (QED) is 0.422. The third kappa shape index (κ3) is 4.53. The van der Waals surface area contributed by atoms with E-state index >= 15 is 0 Å². The van der Waals surface area contributed by atoms with Crippen molar-refractivity contribution in [3.05, 3.63) is 82.8 Å². The summed E-state index contributed by atoms with van der Waals surface area (Å²) < 4.78 is 36.6. The van der Waals surface area contributed by atoms with Crippen molar-refractivity contribution in [3.63, 3.8) is 0 Å². The third-order valence-corrected chi connectivity index (χ3v) is 6.73. The fraction of sp³-hybridized carbons (Fsp3) is 0.167. The van der Waals surface area contributed by atoms with Gasteiger partial charge in [-0.25, -0.2) is 13.2 Å². The van der Waals surface area contributed by atoms with Crippen LogP contribution in [0.1, 0.15) is 17.3 Å². The molecule has 0 aliphatic rings. The van der Waals surface area contributed by atoms with Crippen LogP contribution in [0.5, 0.6) is 5.75 Å². The number of carbonyl (C=O) groups is 1. The van der Waals surface area contributed by atoms with E-state index in [9.17, 15) is 18.0 Å². The zero-order valence-corrected chi connectivity index (χ0v) is 19.7. The summed E-state index contributed by atoms with van der Waals surface area (Å²) in [5.41, 5.74) is 2.27. The summed E-state index contributed by atoms with van der Waals surface area (Å²) in [7, 11) is -0.584. The van der Waals surface area contributed by atoms with Gasteiger partial charge in [-0.15, -0.1) is 0 Å². The molecule has 0 fully saturated rings. The molecule has 0 saturated heterocycles. The number of hydrogen-bond acceptors (Lipinski definition) is 5. The number of imidazole rings is 1. The number of sulfonamides is 1. The molecule has 4 rings (SSSR count). The first-order valence-electron chi connectivity index (χ1n) is 10.5. The van der Waals surface area contributed by atoms with Gasteiger partial charge in [0.1, 0.15) is 5.75 Å². The van der Waals surface area contributed by atoms with E-state index in [1.165, 1.54) is 33.4 Å². The third-order valence-electron chi connectivity index (χ3n) is 5.35. The van der Waals surface area contributed by atoms with Crippen LogP contribution in [0.15, 0.2) is 76.4 Å². The second kappa shape index (κ2) is 9.06. The fourth-order valence-corrected chi connectivity index (χ4v) is 4.70. The van der Waals surface area contributed by atoms with E-state index < -0.39 is 15.9 Å². The molecule has 4 aromatic rings. The number of hydrogen-bond donors (Lipinski definition) is 2. The number of benzene rings is 3. The maximum absolute atomic E-state index is 12.9. The number of amides is 1. The van der Waals surface area contributed by atoms with Crippen LogP contribution in [-0.2, 0) is 24.1 Å². The molecule has 34 heavy (non-hydrogen) atoms. The number of anilines is 2. The highest BCUT2D eigenvalue weighted by atomic mass is 32.2. The molecule has 176 valence electrons. The molecule has 0 spiro atoms. The van der Waals surface area contributed by atoms with Crippen LogP contribution in [0.3, 0.4) is 0 Å². The van der Waals surface area contributed by atoms with E-state index in [0.717, 1.165) is 5.52 Å². The lowest BCUT2D eigenvalue weighted by atomic mass is 10.2. The predicted molar refractivity (Wildman–Crippen MR) is 131 cm³/mol. The Hall–Kier alpha value is -4.05. The Kier molecular flexibility index (Phi) is 6.16. The monoisotopic (exact) mass is 480 g/mol. The molecule has 1 amide bonds. The molecule has 0 bridgehead atoms. The molecule has 9 nitrogen and oxygen atoms in total. The van der Waals surface area contributed by atoms with Gasteiger partial charge in [0.2, 0.25) is 0 Å². The van der Waals surface area contributed by atoms with Crippen molar-refractivity contribution in [3.8, 4) is 5.75 Å². The minimum atomic E-state index is -3.92. The van der Waals surface area contributed by atoms with E-state index in [1.807, 2.05) is 6.92 Å². The fourth-order valence-electron chi connectivity index (χ4n) is 3.59. The maximum Gasteiger partial charge on any atom is 0.328 e. The molecule has 1 aromatic heterocycles. The molecule has 2 N–H and O–H groups in total. The molecule has 0 aliphatic carbocycles. The molecular formula is C24H24N4O5S. The van der Waals surface area contributed by atoms with Gasteiger partial charge in [-0.05, 0) is 67.6 Å². The van der Waals surface area contributed by atoms with Crippen LogP contribution >= 0.6 is 0 Å². The highest BCUT2D eigenvalue weighted by Gasteiger charge is 2.17. The number of nitrogens with one attached hydrogen (secondary N) is 2. The number of aromatic nitrogens is 2. The first kappa shape index (κ1) is 23.1. The summed E-state index contributed by atoms with van der Waals surface area (Å²) in [6.07, 6.45) is 0. The van der Waals surface area contributed by atoms with Crippen LogP contribution in [0.2, 0.25) is 0 Å². The van der Waals surface area contributed by atoms with Crippen LogP contribution in [0.25, 0.3) is 11.0 Å². The van der Waals surface area contributed by atoms with Crippen molar-refractivity contribution in [1.82, 2.24) is 9.13 Å². The number of aryl methyl sites for hydroxylation is 2. The summed E-state index contributed by atoms with van der Waals surface area (Å²) >= 11 is 0. The standard InChI is InChI=1S/C24H24N4O5S/c1-4-33-19-11-8-17(9-12-19)26-34(31,32)20-7-5-6-16(14-20)23(29)25-18-10-13-21-22(15-18)28(3)24(30)27(21)2/h5-15,26H,4H2,1-3H3,(H,25,29). The SMILES string of the molecule is CCOc1ccc(NS(=O)(=O)c2cccc(C(=O)Nc3ccc4c(c3)n(C)c(=O)n4C)c2)cc1. The van der Waals surface area contributed by atoms with Crippen molar-refractivity contribution >= 4 is 38.3 Å². The minimum absolute atomic E-state index is 0.0463. The highest BCUT2D eigenvalue weighted by Crippen LogP contribution is 2.22. The van der Waals surface area contributed by atoms with E-state index in [-0.39, 0.29) is 16.1 Å². The second-order valence-corrected chi connectivity index (χ2v) is 9.33. The van der Waals surface area contributed by atoms with Gasteiger partial charge in [0.05, 0.1) is 22.5 Å². The van der Waals surface area contributed by atoms with Crippen molar-refractivity contribution in [2.45, 2.75) is 11.8 Å². The van der Waals surface area contributed by atoms with E-state index in [1.54, 1.807) is 56.6 Å². The first-order valence-corrected chi connectivity index (χ1v) is 12.0. The molecule has 3 aromatic carbocycles. The van der Waals surface area contributed by atoms with E-state index in [2.05, 4.69) is 10.0 Å². The van der Waals surface area contributed by atoms with Crippen molar-refractivity contribution in [2.24, 2.45) is 14.1 Å². The van der Waals surface area contributed by atoms with Gasteiger partial charge >= 0.3 is 5.69 Å². The minimum Gasteiger partial charge on any atom is -0.494 e. The Bertz CT molecular complexity index is 1540. The molecule has 0 radical (unpaired) electrons. The predicted octanol–water partition coefficient (Wildman–Crippen LogP) is 3.33. The summed E-state index contributed by atoms with van der Waals surface area (Å²) in [4.78, 5) is 24.9. The molecule has 10 heteroatoms. The van der Waals surface area contributed by atoms with Gasteiger partial charge in [-0.1, -0.05) is 6.07 Å². The number of rotatable bonds is 7. The lowest BCUT2D eigenvalue weighted by Crippen LogP contribution is -2.19. The highest BCUT2D eigenvalue weighted by molar-refractivity contribution is 7.92. The Morgan fingerprint density at radius 1 is 0.912 bits per heavy atom. The second-order valence-electron chi connectivity index (χ2n) is 7.65. The van der Waals surface area contributed by atoms with Gasteiger partial charge in [0, 0.05) is 31.0 Å². The lowest BCUT2D eigenvalue weighted by Gasteiger charge is -2.11. The molecule has 0 atom stereocenters. The summed E-state index contributed by atoms with van der Waals surface area (Å²) in [6.45, 7) is 2.37. The largest absolute Gasteiger partial charge is 0.494 e. The van der Waals surface area contributed by atoms with Crippen LogP contribution in [0.4, 0.5) is 11.4 Å². The van der Waals surface area contributed by atoms with Gasteiger partial charge in [-0.3, -0.25) is 18.7 Å². The van der Waals surface area contributed by atoms with Crippen LogP contribution < -0.4 is 20.5 Å². The average Bonchev–Trinajstić information content (AvgIpc) is 3.04. The van der Waals surface area contributed by atoms with E-state index in [0.29, 0.717) is 29.2 Å². The lowest BCUT2D eigenvalue weighted by molar-refractivity contribution is 0.102. The Labute approximate surface area is 196 Å². The van der Waals surface area contributed by atoms with Gasteiger partial charge < -0.3 is 10.1 Å². The molecule has 0 unspecified atom stereocenters. The first-order chi connectivity index (χ1) is 16.2. The Morgan fingerprint density at radius 3 is 2.29 bits per heavy atom. The molecule has 1 heterocycles. The Balaban J connectivity index is 1.54. The summed E-state index contributed by atoms with van der Waals surface area (Å²) in [6, 6.07) is 17.4. The van der Waals surface area contributed by atoms with Crippen LogP contribution in [-0.4, -0.2) is 30.1 Å². The zero-order chi connectivity index (χ0) is 24.5. The average molecular weight is 481 g/mol.